The van der Waals surface area contributed by atoms with Crippen LogP contribution in [0.15, 0.2) is 103 Å². The summed E-state index contributed by atoms with van der Waals surface area (Å²) in [7, 11) is 0. The molecule has 6 rings (SSSR count). The number of alkyl halides is 3. The molecule has 1 N–H and O–H groups in total. The van der Waals surface area contributed by atoms with Crippen LogP contribution in [0.3, 0.4) is 0 Å². The van der Waals surface area contributed by atoms with Gasteiger partial charge in [0, 0.05) is 49.9 Å². The summed E-state index contributed by atoms with van der Waals surface area (Å²) in [5, 5.41) is 14.2. The number of aliphatic hydroxyl groups excluding tert-OH is 1. The topological polar surface area (TPSA) is 50.2 Å². The zero-order chi connectivity index (χ0) is 36.9. The number of allylic oxidation sites excluding steroid dienone is 2. The number of aryl methyl sites for hydroxylation is 2. The number of aromatic nitrogens is 1. The van der Waals surface area contributed by atoms with Crippen molar-refractivity contribution in [2.75, 3.05) is 0 Å². The van der Waals surface area contributed by atoms with Crippen LogP contribution in [0, 0.1) is 31.7 Å². The number of carbonyl (C=O) groups is 1. The van der Waals surface area contributed by atoms with Crippen molar-refractivity contribution < 1.29 is 43.2 Å². The monoisotopic (exact) mass is 881 g/mol. The Bertz CT molecular complexity index is 2200. The van der Waals surface area contributed by atoms with Crippen molar-refractivity contribution in [2.24, 2.45) is 11.8 Å². The second-order valence-corrected chi connectivity index (χ2v) is 13.2. The minimum Gasteiger partial charge on any atom is -0.512 e. The maximum Gasteiger partial charge on any atom is 0.403 e. The van der Waals surface area contributed by atoms with Crippen molar-refractivity contribution in [3.63, 3.8) is 0 Å². The molecule has 0 atom stereocenters. The number of halogens is 3. The van der Waals surface area contributed by atoms with Gasteiger partial charge in [-0.3, -0.25) is 9.78 Å². The Kier molecular flexibility index (Phi) is 13.6. The van der Waals surface area contributed by atoms with Gasteiger partial charge in [0.2, 0.25) is 0 Å². The molecule has 0 amide bonds. The molecule has 0 spiro atoms. The SMILES string of the molecule is CCC(CC)C(=O)/C=C(\O)C(CC)CC.Cc1cccc(C)c1-c1ccc2c(ccc3c(-c4[c-]c5ccccc5c(C(F)(F)F)c4)nccc32)c1.[Ir]. The Morgan fingerprint density at radius 2 is 1.40 bits per heavy atom. The molecule has 0 aliphatic heterocycles. The molecule has 0 saturated heterocycles. The molecule has 3 nitrogen and oxygen atoms in total. The van der Waals surface area contributed by atoms with Gasteiger partial charge in [-0.25, -0.2) is 0 Å². The van der Waals surface area contributed by atoms with E-state index in [1.165, 1.54) is 34.9 Å². The number of rotatable bonds is 9. The first-order valence-electron chi connectivity index (χ1n) is 17.8. The second-order valence-electron chi connectivity index (χ2n) is 13.2. The maximum absolute atomic E-state index is 13.9. The van der Waals surface area contributed by atoms with Crippen LogP contribution < -0.4 is 0 Å². The zero-order valence-corrected chi connectivity index (χ0v) is 32.9. The molecule has 7 heteroatoms. The summed E-state index contributed by atoms with van der Waals surface area (Å²) in [6.07, 6.45) is 2.08. The van der Waals surface area contributed by atoms with Crippen LogP contribution in [-0.2, 0) is 31.1 Å². The van der Waals surface area contributed by atoms with E-state index in [1.807, 2.05) is 45.9 Å². The molecule has 0 bridgehead atoms. The molecule has 52 heavy (non-hydrogen) atoms. The van der Waals surface area contributed by atoms with Gasteiger partial charge in [0.15, 0.2) is 5.78 Å². The summed E-state index contributed by atoms with van der Waals surface area (Å²) in [4.78, 5) is 16.2. The molecule has 6 aromatic rings. The zero-order valence-electron chi connectivity index (χ0n) is 30.5. The van der Waals surface area contributed by atoms with Crippen LogP contribution in [0.5, 0.6) is 0 Å². The van der Waals surface area contributed by atoms with Gasteiger partial charge in [0.25, 0.3) is 0 Å². The van der Waals surface area contributed by atoms with E-state index in [2.05, 4.69) is 61.3 Å². The largest absolute Gasteiger partial charge is 0.512 e. The fraction of sp³-hybridized carbons (Fsp3) is 0.289. The average molecular weight is 881 g/mol. The smallest absolute Gasteiger partial charge is 0.403 e. The third-order valence-corrected chi connectivity index (χ3v) is 9.95. The van der Waals surface area contributed by atoms with E-state index in [0.29, 0.717) is 16.6 Å². The molecular weight excluding hydrogens is 836 g/mol. The fourth-order valence-electron chi connectivity index (χ4n) is 7.01. The Hall–Kier alpha value is -4.32. The van der Waals surface area contributed by atoms with E-state index < -0.39 is 11.7 Å². The first kappa shape index (κ1) is 40.4. The molecule has 0 aliphatic rings. The van der Waals surface area contributed by atoms with Crippen LogP contribution in [0.25, 0.3) is 54.7 Å². The van der Waals surface area contributed by atoms with Gasteiger partial charge in [-0.05, 0) is 101 Å². The molecule has 0 aliphatic carbocycles. The standard InChI is InChI=1S/C32H21F3N.C13H24O2.Ir/c1-19-6-5-7-20(2)30(19)23-11-12-25-22(16-23)10-13-28-27(25)14-15-36-31(28)24-17-21-8-3-4-9-26(21)29(18-24)32(33,34)35;1-5-10(6-2)12(14)9-13(15)11(7-3)8-4;/h3-16,18H,1-2H3;9-11,14H,5-8H2,1-4H3;/q-1;;/b;12-9-;. The fourth-order valence-corrected chi connectivity index (χ4v) is 7.01. The summed E-state index contributed by atoms with van der Waals surface area (Å²) < 4.78 is 41.8. The van der Waals surface area contributed by atoms with E-state index in [1.54, 1.807) is 24.4 Å². The second kappa shape index (κ2) is 17.5. The van der Waals surface area contributed by atoms with Crippen molar-refractivity contribution in [1.82, 2.24) is 4.98 Å². The number of pyridine rings is 1. The van der Waals surface area contributed by atoms with Crippen LogP contribution in [0.4, 0.5) is 13.2 Å². The summed E-state index contributed by atoms with van der Waals surface area (Å²) in [5.41, 5.74) is 4.94. The number of nitrogens with zero attached hydrogens (tertiary/aromatic N) is 1. The average Bonchev–Trinajstić information content (AvgIpc) is 3.11. The number of fused-ring (bicyclic) bond motifs is 4. The molecule has 1 aromatic heterocycles. The summed E-state index contributed by atoms with van der Waals surface area (Å²) in [6.45, 7) is 12.3. The van der Waals surface area contributed by atoms with Crippen molar-refractivity contribution in [1.29, 1.82) is 0 Å². The molecule has 0 unspecified atom stereocenters. The molecule has 1 radical (unpaired) electrons. The molecule has 273 valence electrons. The Morgan fingerprint density at radius 1 is 0.769 bits per heavy atom. The van der Waals surface area contributed by atoms with E-state index in [-0.39, 0.29) is 48.9 Å². The minimum absolute atomic E-state index is 0. The first-order valence-corrected chi connectivity index (χ1v) is 17.8. The maximum atomic E-state index is 13.9. The van der Waals surface area contributed by atoms with Gasteiger partial charge < -0.3 is 5.11 Å². The van der Waals surface area contributed by atoms with Gasteiger partial charge >= 0.3 is 6.18 Å². The number of carbonyl (C=O) groups excluding carboxylic acids is 1. The molecular formula is C45H45F3IrNO2-. The molecule has 5 aromatic carbocycles. The summed E-state index contributed by atoms with van der Waals surface area (Å²) in [6, 6.07) is 29.4. The van der Waals surface area contributed by atoms with Gasteiger partial charge in [-0.15, -0.1) is 23.6 Å². The third-order valence-electron chi connectivity index (χ3n) is 9.95. The van der Waals surface area contributed by atoms with Crippen LogP contribution >= 0.6 is 0 Å². The first-order chi connectivity index (χ1) is 24.4. The molecule has 0 fully saturated rings. The van der Waals surface area contributed by atoms with Gasteiger partial charge in [0.1, 0.15) is 0 Å². The Morgan fingerprint density at radius 3 is 2.04 bits per heavy atom. The number of hydrogen-bond acceptors (Lipinski definition) is 3. The quantitative estimate of drug-likeness (QED) is 0.0681. The van der Waals surface area contributed by atoms with E-state index >= 15 is 0 Å². The van der Waals surface area contributed by atoms with E-state index in [9.17, 15) is 23.1 Å². The predicted molar refractivity (Wildman–Crippen MR) is 205 cm³/mol. The Labute approximate surface area is 318 Å². The number of benzene rings is 5. The van der Waals surface area contributed by atoms with Crippen LogP contribution in [0.2, 0.25) is 0 Å². The normalized spacial score (nSPS) is 11.9. The molecule has 1 heterocycles. The molecule has 0 saturated carbocycles. The van der Waals surface area contributed by atoms with Crippen molar-refractivity contribution >= 4 is 38.1 Å². The van der Waals surface area contributed by atoms with Crippen LogP contribution in [0.1, 0.15) is 70.1 Å². The number of aliphatic hydroxyl groups is 1. The summed E-state index contributed by atoms with van der Waals surface area (Å²) >= 11 is 0. The van der Waals surface area contributed by atoms with Crippen molar-refractivity contribution in [3.8, 4) is 22.4 Å². The third kappa shape index (κ3) is 8.65. The van der Waals surface area contributed by atoms with Crippen LogP contribution in [-0.4, -0.2) is 15.9 Å². The summed E-state index contributed by atoms with van der Waals surface area (Å²) in [5.74, 6) is 0.547. The predicted octanol–water partition coefficient (Wildman–Crippen LogP) is 13.2. The van der Waals surface area contributed by atoms with Gasteiger partial charge in [-0.1, -0.05) is 99.3 Å². The van der Waals surface area contributed by atoms with Crippen molar-refractivity contribution in [2.45, 2.75) is 73.4 Å². The number of ketones is 1. The Balaban J connectivity index is 0.000000323. The van der Waals surface area contributed by atoms with Crippen molar-refractivity contribution in [3.05, 3.63) is 126 Å². The minimum atomic E-state index is -4.48. The van der Waals surface area contributed by atoms with Gasteiger partial charge in [-0.2, -0.15) is 13.2 Å². The van der Waals surface area contributed by atoms with Gasteiger partial charge in [0.05, 0.1) is 5.76 Å². The van der Waals surface area contributed by atoms with E-state index in [0.717, 1.165) is 52.8 Å². The number of hydrogen-bond donors (Lipinski definition) is 1. The van der Waals surface area contributed by atoms with E-state index in [4.69, 9.17) is 0 Å².